The minimum Gasteiger partial charge on any atom is -0.463 e. The van der Waals surface area contributed by atoms with Gasteiger partial charge in [0.2, 0.25) is 0 Å². The molecule has 86 valence electrons. The summed E-state index contributed by atoms with van der Waals surface area (Å²) in [6.45, 7) is 0. The lowest BCUT2D eigenvalue weighted by Crippen LogP contribution is -1.98. The molecule has 0 saturated heterocycles. The highest BCUT2D eigenvalue weighted by Crippen LogP contribution is 2.24. The third kappa shape index (κ3) is 1.68. The Bertz CT molecular complexity index is 690. The molecule has 0 aliphatic carbocycles. The molecule has 0 spiro atoms. The van der Waals surface area contributed by atoms with Crippen LogP contribution in [0.3, 0.4) is 0 Å². The van der Waals surface area contributed by atoms with Crippen LogP contribution in [-0.2, 0) is 0 Å². The van der Waals surface area contributed by atoms with Crippen LogP contribution >= 0.6 is 0 Å². The van der Waals surface area contributed by atoms with Crippen molar-refractivity contribution in [2.24, 2.45) is 0 Å². The highest BCUT2D eigenvalue weighted by atomic mass is 16.3. The molecule has 4 nitrogen and oxygen atoms in total. The summed E-state index contributed by atoms with van der Waals surface area (Å²) in [5.74, 6) is 0.688. The van der Waals surface area contributed by atoms with Crippen LogP contribution in [0.5, 0.6) is 0 Å². The molecule has 1 aromatic carbocycles. The second-order valence-corrected chi connectivity index (χ2v) is 3.75. The molecule has 0 aliphatic rings. The largest absolute Gasteiger partial charge is 0.463 e. The fourth-order valence-corrected chi connectivity index (χ4v) is 1.80. The first-order valence-electron chi connectivity index (χ1n) is 5.48. The van der Waals surface area contributed by atoms with Crippen molar-refractivity contribution in [3.63, 3.8) is 0 Å². The van der Waals surface area contributed by atoms with E-state index < -0.39 is 0 Å². The Morgan fingerprint density at radius 3 is 2.61 bits per heavy atom. The molecule has 0 atom stereocenters. The predicted octanol–water partition coefficient (Wildman–Crippen LogP) is 3.00. The maximum Gasteiger partial charge on any atom is 0.163 e. The van der Waals surface area contributed by atoms with Gasteiger partial charge in [-0.1, -0.05) is 18.2 Å². The maximum atomic E-state index is 8.96. The second-order valence-electron chi connectivity index (χ2n) is 3.75. The van der Waals surface area contributed by atoms with Crippen LogP contribution in [0.2, 0.25) is 0 Å². The average Bonchev–Trinajstić information content (AvgIpc) is 3.08. The maximum absolute atomic E-state index is 8.96. The SMILES string of the molecule is N#Cc1cc(-c2ccco2)n(-c2ccccc2)n1. The Morgan fingerprint density at radius 1 is 1.11 bits per heavy atom. The van der Waals surface area contributed by atoms with Gasteiger partial charge in [0, 0.05) is 6.07 Å². The molecule has 3 aromatic rings. The molecular weight excluding hydrogens is 226 g/mol. The first-order chi connectivity index (χ1) is 8.88. The molecule has 0 radical (unpaired) electrons. The Kier molecular flexibility index (Phi) is 2.43. The zero-order valence-electron chi connectivity index (χ0n) is 9.45. The fourth-order valence-electron chi connectivity index (χ4n) is 1.80. The van der Waals surface area contributed by atoms with E-state index in [9.17, 15) is 0 Å². The third-order valence-electron chi connectivity index (χ3n) is 2.60. The molecule has 0 N–H and O–H groups in total. The van der Waals surface area contributed by atoms with Gasteiger partial charge in [-0.05, 0) is 24.3 Å². The van der Waals surface area contributed by atoms with E-state index in [-0.39, 0.29) is 0 Å². The van der Waals surface area contributed by atoms with E-state index in [0.29, 0.717) is 11.5 Å². The van der Waals surface area contributed by atoms with E-state index in [4.69, 9.17) is 9.68 Å². The van der Waals surface area contributed by atoms with Crippen molar-refractivity contribution in [3.8, 4) is 23.2 Å². The van der Waals surface area contributed by atoms with Gasteiger partial charge in [0.15, 0.2) is 11.5 Å². The molecule has 2 aromatic heterocycles. The topological polar surface area (TPSA) is 54.8 Å². The number of furan rings is 1. The van der Waals surface area contributed by atoms with Crippen LogP contribution in [0.15, 0.2) is 59.2 Å². The standard InChI is InChI=1S/C14H9N3O/c15-10-11-9-13(14-7-4-8-18-14)17(16-11)12-5-2-1-3-6-12/h1-9H. The van der Waals surface area contributed by atoms with E-state index in [0.717, 1.165) is 11.4 Å². The summed E-state index contributed by atoms with van der Waals surface area (Å²) < 4.78 is 7.08. The highest BCUT2D eigenvalue weighted by Gasteiger charge is 2.13. The molecule has 2 heterocycles. The summed E-state index contributed by atoms with van der Waals surface area (Å²) in [6, 6.07) is 17.1. The van der Waals surface area contributed by atoms with Crippen LogP contribution in [-0.4, -0.2) is 9.78 Å². The van der Waals surface area contributed by atoms with E-state index in [1.165, 1.54) is 0 Å². The first kappa shape index (κ1) is 10.4. The van der Waals surface area contributed by atoms with Crippen molar-refractivity contribution in [2.75, 3.05) is 0 Å². The van der Waals surface area contributed by atoms with Crippen molar-refractivity contribution < 1.29 is 4.42 Å². The first-order valence-corrected chi connectivity index (χ1v) is 5.48. The molecular formula is C14H9N3O. The number of nitrogens with zero attached hydrogens (tertiary/aromatic N) is 3. The lowest BCUT2D eigenvalue weighted by molar-refractivity contribution is 0.577. The Hall–Kier alpha value is -2.80. The summed E-state index contributed by atoms with van der Waals surface area (Å²) in [6.07, 6.45) is 1.60. The van der Waals surface area contributed by atoms with Gasteiger partial charge in [-0.25, -0.2) is 4.68 Å². The lowest BCUT2D eigenvalue weighted by atomic mass is 10.2. The van der Waals surface area contributed by atoms with Crippen LogP contribution < -0.4 is 0 Å². The van der Waals surface area contributed by atoms with Crippen LogP contribution in [0.4, 0.5) is 0 Å². The smallest absolute Gasteiger partial charge is 0.163 e. The number of hydrogen-bond donors (Lipinski definition) is 0. The zero-order valence-corrected chi connectivity index (χ0v) is 9.45. The van der Waals surface area contributed by atoms with E-state index in [1.807, 2.05) is 48.5 Å². The van der Waals surface area contributed by atoms with Crippen molar-refractivity contribution in [2.45, 2.75) is 0 Å². The summed E-state index contributed by atoms with van der Waals surface area (Å²) in [5, 5.41) is 13.2. The normalized spacial score (nSPS) is 10.2. The molecule has 3 rings (SSSR count). The Morgan fingerprint density at radius 2 is 1.94 bits per heavy atom. The highest BCUT2D eigenvalue weighted by molar-refractivity contribution is 5.58. The number of nitriles is 1. The molecule has 0 bridgehead atoms. The zero-order chi connectivity index (χ0) is 12.4. The fraction of sp³-hybridized carbons (Fsp3) is 0. The van der Waals surface area contributed by atoms with Gasteiger partial charge in [0.1, 0.15) is 11.8 Å². The third-order valence-corrected chi connectivity index (χ3v) is 2.60. The van der Waals surface area contributed by atoms with Gasteiger partial charge in [0.05, 0.1) is 12.0 Å². The molecule has 0 saturated carbocycles. The van der Waals surface area contributed by atoms with E-state index >= 15 is 0 Å². The number of hydrogen-bond acceptors (Lipinski definition) is 3. The van der Waals surface area contributed by atoms with Crippen LogP contribution in [0.1, 0.15) is 5.69 Å². The number of rotatable bonds is 2. The summed E-state index contributed by atoms with van der Waals surface area (Å²) in [5.41, 5.74) is 2.03. The number of benzene rings is 1. The predicted molar refractivity (Wildman–Crippen MR) is 66.0 cm³/mol. The minimum absolute atomic E-state index is 0.366. The van der Waals surface area contributed by atoms with Gasteiger partial charge in [0.25, 0.3) is 0 Å². The Balaban J connectivity index is 2.21. The molecule has 4 heteroatoms. The van der Waals surface area contributed by atoms with E-state index in [2.05, 4.69) is 5.10 Å². The second kappa shape index (κ2) is 4.22. The van der Waals surface area contributed by atoms with Crippen molar-refractivity contribution >= 4 is 0 Å². The van der Waals surface area contributed by atoms with Crippen molar-refractivity contribution in [1.29, 1.82) is 5.26 Å². The van der Waals surface area contributed by atoms with Crippen molar-refractivity contribution in [1.82, 2.24) is 9.78 Å². The minimum atomic E-state index is 0.366. The molecule has 18 heavy (non-hydrogen) atoms. The quantitative estimate of drug-likeness (QED) is 0.686. The van der Waals surface area contributed by atoms with Gasteiger partial charge < -0.3 is 4.42 Å². The van der Waals surface area contributed by atoms with Crippen molar-refractivity contribution in [3.05, 3.63) is 60.5 Å². The summed E-state index contributed by atoms with van der Waals surface area (Å²) in [7, 11) is 0. The average molecular weight is 235 g/mol. The van der Waals surface area contributed by atoms with E-state index in [1.54, 1.807) is 17.0 Å². The number of aromatic nitrogens is 2. The lowest BCUT2D eigenvalue weighted by Gasteiger charge is -2.04. The van der Waals surface area contributed by atoms with Crippen LogP contribution in [0, 0.1) is 11.3 Å². The Labute approximate surface area is 104 Å². The van der Waals surface area contributed by atoms with Gasteiger partial charge >= 0.3 is 0 Å². The number of para-hydroxylation sites is 1. The molecule has 0 aliphatic heterocycles. The van der Waals surface area contributed by atoms with Gasteiger partial charge in [-0.2, -0.15) is 10.4 Å². The monoisotopic (exact) mass is 235 g/mol. The summed E-state index contributed by atoms with van der Waals surface area (Å²) >= 11 is 0. The molecule has 0 amide bonds. The van der Waals surface area contributed by atoms with Gasteiger partial charge in [-0.3, -0.25) is 0 Å². The molecule has 0 unspecified atom stereocenters. The molecule has 0 fully saturated rings. The van der Waals surface area contributed by atoms with Gasteiger partial charge in [-0.15, -0.1) is 0 Å². The van der Waals surface area contributed by atoms with Crippen LogP contribution in [0.25, 0.3) is 17.1 Å². The summed E-state index contributed by atoms with van der Waals surface area (Å²) in [4.78, 5) is 0.